The number of benzene rings is 2. The van der Waals surface area contributed by atoms with Gasteiger partial charge in [-0.2, -0.15) is 18.3 Å². The molecule has 0 fully saturated rings. The number of carbonyl (C=O) groups excluding carboxylic acids is 1. The highest BCUT2D eigenvalue weighted by molar-refractivity contribution is 6.51. The van der Waals surface area contributed by atoms with E-state index in [9.17, 15) is 27.2 Å². The van der Waals surface area contributed by atoms with Gasteiger partial charge in [0.15, 0.2) is 7.28 Å². The average molecular weight is 496 g/mol. The molecule has 36 heavy (non-hydrogen) atoms. The predicted octanol–water partition coefficient (Wildman–Crippen LogP) is 2.90. The number of fused-ring (bicyclic) bond motifs is 2. The van der Waals surface area contributed by atoms with Crippen LogP contribution in [0.15, 0.2) is 47.3 Å². The van der Waals surface area contributed by atoms with Crippen LogP contribution in [0.5, 0.6) is 0 Å². The van der Waals surface area contributed by atoms with Crippen molar-refractivity contribution in [2.75, 3.05) is 6.54 Å². The normalized spacial score (nSPS) is 13.6. The summed E-state index contributed by atoms with van der Waals surface area (Å²) in [7, 11) is 1.46. The van der Waals surface area contributed by atoms with Crippen LogP contribution in [0.3, 0.4) is 0 Å². The second kappa shape index (κ2) is 8.92. The summed E-state index contributed by atoms with van der Waals surface area (Å²) in [5.74, 6) is -2.37. The second-order valence-electron chi connectivity index (χ2n) is 8.47. The molecule has 0 saturated heterocycles. The van der Waals surface area contributed by atoms with Gasteiger partial charge in [-0.15, -0.1) is 0 Å². The minimum Gasteiger partial charge on any atom is -0.331 e. The SMILES string of the molecule is C[B]c1nc(C(F)(F)F)n2c1CN(C(=O)c1cc(Cc3n[nH]c(=O)c4ccccc34)ccc1F)CC2. The molecule has 0 saturated carbocycles. The molecule has 2 aromatic carbocycles. The molecule has 1 radical (unpaired) electrons. The maximum atomic E-state index is 14.7. The third-order valence-electron chi connectivity index (χ3n) is 6.26. The molecule has 0 bridgehead atoms. The van der Waals surface area contributed by atoms with Gasteiger partial charge < -0.3 is 9.47 Å². The highest BCUT2D eigenvalue weighted by Crippen LogP contribution is 2.30. The molecule has 5 rings (SSSR count). The van der Waals surface area contributed by atoms with E-state index < -0.39 is 23.7 Å². The molecule has 1 amide bonds. The molecule has 1 N–H and O–H groups in total. The number of aromatic nitrogens is 4. The van der Waals surface area contributed by atoms with Crippen LogP contribution >= 0.6 is 0 Å². The van der Waals surface area contributed by atoms with E-state index in [1.807, 2.05) is 0 Å². The zero-order valence-electron chi connectivity index (χ0n) is 19.1. The molecular formula is C24H19BF4N5O2. The van der Waals surface area contributed by atoms with Crippen LogP contribution in [-0.2, 0) is 25.7 Å². The van der Waals surface area contributed by atoms with Crippen LogP contribution in [0.2, 0.25) is 6.82 Å². The number of hydrogen-bond donors (Lipinski definition) is 1. The second-order valence-corrected chi connectivity index (χ2v) is 8.47. The fourth-order valence-corrected chi connectivity index (χ4v) is 4.53. The molecule has 0 atom stereocenters. The van der Waals surface area contributed by atoms with Gasteiger partial charge in [0.05, 0.1) is 28.9 Å². The van der Waals surface area contributed by atoms with E-state index >= 15 is 0 Å². The van der Waals surface area contributed by atoms with Crippen molar-refractivity contribution in [3.63, 3.8) is 0 Å². The lowest BCUT2D eigenvalue weighted by Gasteiger charge is -2.30. The maximum absolute atomic E-state index is 14.7. The topological polar surface area (TPSA) is 83.9 Å². The van der Waals surface area contributed by atoms with Gasteiger partial charge in [0.1, 0.15) is 5.82 Å². The summed E-state index contributed by atoms with van der Waals surface area (Å²) in [4.78, 5) is 30.3. The molecule has 0 spiro atoms. The largest absolute Gasteiger partial charge is 0.449 e. The molecule has 2 aromatic heterocycles. The summed E-state index contributed by atoms with van der Waals surface area (Å²) in [6, 6.07) is 11.1. The molecule has 3 heterocycles. The van der Waals surface area contributed by atoms with Gasteiger partial charge in [-0.25, -0.2) is 14.5 Å². The maximum Gasteiger partial charge on any atom is 0.449 e. The number of halogens is 4. The van der Waals surface area contributed by atoms with Crippen LogP contribution in [0.1, 0.15) is 33.1 Å². The monoisotopic (exact) mass is 496 g/mol. The Morgan fingerprint density at radius 2 is 1.89 bits per heavy atom. The molecular weight excluding hydrogens is 477 g/mol. The number of rotatable bonds is 4. The predicted molar refractivity (Wildman–Crippen MR) is 125 cm³/mol. The van der Waals surface area contributed by atoms with Gasteiger partial charge in [0.2, 0.25) is 5.82 Å². The average Bonchev–Trinajstić information content (AvgIpc) is 3.25. The van der Waals surface area contributed by atoms with Crippen molar-refractivity contribution in [1.29, 1.82) is 0 Å². The van der Waals surface area contributed by atoms with Crippen LogP contribution in [-0.4, -0.2) is 44.4 Å². The Kier molecular flexibility index (Phi) is 5.89. The number of hydrogen-bond acceptors (Lipinski definition) is 4. The Morgan fingerprint density at radius 3 is 2.61 bits per heavy atom. The van der Waals surface area contributed by atoms with Gasteiger partial charge >= 0.3 is 6.18 Å². The van der Waals surface area contributed by atoms with Crippen LogP contribution in [0.4, 0.5) is 17.6 Å². The number of aromatic amines is 1. The van der Waals surface area contributed by atoms with Crippen molar-refractivity contribution < 1.29 is 22.4 Å². The Bertz CT molecular complexity index is 1550. The van der Waals surface area contributed by atoms with Crippen LogP contribution < -0.4 is 11.2 Å². The first-order valence-electron chi connectivity index (χ1n) is 11.2. The molecule has 7 nitrogen and oxygen atoms in total. The van der Waals surface area contributed by atoms with E-state index in [1.54, 1.807) is 31.1 Å². The van der Waals surface area contributed by atoms with E-state index in [1.165, 1.54) is 30.4 Å². The Morgan fingerprint density at radius 1 is 1.14 bits per heavy atom. The highest BCUT2D eigenvalue weighted by atomic mass is 19.4. The fourth-order valence-electron chi connectivity index (χ4n) is 4.53. The lowest BCUT2D eigenvalue weighted by molar-refractivity contribution is -0.147. The standard InChI is InChI=1S/C24H19BF4N5O2/c1-25-20-19-12-33(8-9-34(19)23(30-20)24(27,28)29)22(36)16-10-13(6-7-17(16)26)11-18-14-4-2-3-5-15(14)21(35)32-31-18/h2-7,10H,8-9,11-12H2,1H3,(H,32,35). The van der Waals surface area contributed by atoms with E-state index in [4.69, 9.17) is 0 Å². The summed E-state index contributed by atoms with van der Waals surface area (Å²) in [6.07, 6.45) is -4.39. The van der Waals surface area contributed by atoms with Crippen molar-refractivity contribution >= 4 is 29.6 Å². The molecule has 4 aromatic rings. The van der Waals surface area contributed by atoms with E-state index in [0.717, 1.165) is 4.57 Å². The first kappa shape index (κ1) is 23.8. The van der Waals surface area contributed by atoms with Crippen molar-refractivity contribution in [2.24, 2.45) is 0 Å². The first-order valence-corrected chi connectivity index (χ1v) is 11.2. The minimum absolute atomic E-state index is 0.0236. The quantitative estimate of drug-likeness (QED) is 0.348. The summed E-state index contributed by atoms with van der Waals surface area (Å²) < 4.78 is 56.0. The number of amides is 1. The van der Waals surface area contributed by atoms with Gasteiger partial charge in [-0.3, -0.25) is 9.59 Å². The van der Waals surface area contributed by atoms with Gasteiger partial charge in [-0.05, 0) is 23.8 Å². The molecule has 0 aliphatic carbocycles. The Labute approximate surface area is 203 Å². The molecule has 12 heteroatoms. The van der Waals surface area contributed by atoms with Crippen molar-refractivity contribution in [3.8, 4) is 0 Å². The Hall–Kier alpha value is -3.96. The fraction of sp³-hybridized carbons (Fsp3) is 0.250. The van der Waals surface area contributed by atoms with E-state index in [-0.39, 0.29) is 48.5 Å². The first-order chi connectivity index (χ1) is 17.2. The zero-order valence-corrected chi connectivity index (χ0v) is 19.1. The third-order valence-corrected chi connectivity index (χ3v) is 6.26. The smallest absolute Gasteiger partial charge is 0.331 e. The van der Waals surface area contributed by atoms with Crippen LogP contribution in [0, 0.1) is 5.82 Å². The van der Waals surface area contributed by atoms with Gasteiger partial charge in [0.25, 0.3) is 11.5 Å². The number of imidazole rings is 1. The summed E-state index contributed by atoms with van der Waals surface area (Å²) in [6.45, 7) is 1.31. The van der Waals surface area contributed by atoms with E-state index in [2.05, 4.69) is 15.2 Å². The number of alkyl halides is 3. The van der Waals surface area contributed by atoms with Crippen molar-refractivity contribution in [1.82, 2.24) is 24.6 Å². The van der Waals surface area contributed by atoms with E-state index in [0.29, 0.717) is 22.0 Å². The number of carbonyl (C=O) groups is 1. The molecule has 183 valence electrons. The zero-order chi connectivity index (χ0) is 25.6. The number of nitrogens with one attached hydrogen (secondary N) is 1. The molecule has 1 aliphatic heterocycles. The summed E-state index contributed by atoms with van der Waals surface area (Å²) in [5, 5.41) is 7.68. The number of nitrogens with zero attached hydrogens (tertiary/aromatic N) is 4. The Balaban J connectivity index is 1.44. The molecule has 1 aliphatic rings. The third kappa shape index (κ3) is 4.16. The summed E-state index contributed by atoms with van der Waals surface area (Å²) >= 11 is 0. The summed E-state index contributed by atoms with van der Waals surface area (Å²) in [5.41, 5.74) is 1.03. The van der Waals surface area contributed by atoms with Crippen molar-refractivity contribution in [2.45, 2.75) is 32.5 Å². The van der Waals surface area contributed by atoms with Gasteiger partial charge in [-0.1, -0.05) is 31.1 Å². The highest BCUT2D eigenvalue weighted by Gasteiger charge is 2.40. The lowest BCUT2D eigenvalue weighted by atomic mass is 9.76. The van der Waals surface area contributed by atoms with Crippen LogP contribution in [0.25, 0.3) is 10.8 Å². The van der Waals surface area contributed by atoms with Crippen molar-refractivity contribution in [3.05, 3.63) is 87.0 Å². The molecule has 0 unspecified atom stereocenters. The lowest BCUT2D eigenvalue weighted by Crippen LogP contribution is -2.41. The number of H-pyrrole nitrogens is 1. The minimum atomic E-state index is -4.62. The van der Waals surface area contributed by atoms with Gasteiger partial charge in [0, 0.05) is 30.5 Å².